The number of amides is 1. The van der Waals surface area contributed by atoms with Crippen molar-refractivity contribution in [1.29, 1.82) is 0 Å². The summed E-state index contributed by atoms with van der Waals surface area (Å²) >= 11 is 1.63. The molecule has 0 aliphatic carbocycles. The third-order valence-electron chi connectivity index (χ3n) is 3.33. The molecule has 0 saturated carbocycles. The molecule has 3 N–H and O–H groups in total. The molecule has 2 rings (SSSR count). The molecule has 0 fully saturated rings. The number of nitrogens with zero attached hydrogens (tertiary/aromatic N) is 2. The number of thiazole rings is 1. The highest BCUT2D eigenvalue weighted by molar-refractivity contribution is 14.0. The molecule has 0 aliphatic rings. The number of rotatable bonds is 8. The fourth-order valence-electron chi connectivity index (χ4n) is 2.00. The summed E-state index contributed by atoms with van der Waals surface area (Å²) in [5.74, 6) is 1.22. The standard InChI is InChI=1S/C17H25N5O2S.HI/c1-4-18-17(21-10-15-22-13(11-25-15)12(2)3)20-8-7-19-16(23)14-6-5-9-24-14;/h5-6,9,11-12H,4,7-8,10H2,1-3H3,(H,19,23)(H2,18,20,21);1H. The number of guanidine groups is 1. The molecule has 7 nitrogen and oxygen atoms in total. The largest absolute Gasteiger partial charge is 0.459 e. The van der Waals surface area contributed by atoms with Gasteiger partial charge in [0.15, 0.2) is 11.7 Å². The summed E-state index contributed by atoms with van der Waals surface area (Å²) in [5, 5.41) is 12.2. The highest BCUT2D eigenvalue weighted by atomic mass is 127. The summed E-state index contributed by atoms with van der Waals surface area (Å²) < 4.78 is 5.04. The van der Waals surface area contributed by atoms with Crippen LogP contribution in [0.15, 0.2) is 33.2 Å². The first kappa shape index (κ1) is 22.4. The minimum atomic E-state index is -0.224. The van der Waals surface area contributed by atoms with E-state index in [1.165, 1.54) is 6.26 Å². The Morgan fingerprint density at radius 2 is 2.08 bits per heavy atom. The lowest BCUT2D eigenvalue weighted by Gasteiger charge is -2.11. The summed E-state index contributed by atoms with van der Waals surface area (Å²) in [6, 6.07) is 3.32. The Bertz CT molecular complexity index is 685. The van der Waals surface area contributed by atoms with Crippen molar-refractivity contribution >= 4 is 47.2 Å². The number of furan rings is 1. The second-order valence-electron chi connectivity index (χ2n) is 5.68. The van der Waals surface area contributed by atoms with Crippen molar-refractivity contribution in [2.75, 3.05) is 19.6 Å². The number of halogens is 1. The first-order valence-corrected chi connectivity index (χ1v) is 9.26. The Balaban J connectivity index is 0.00000338. The topological polar surface area (TPSA) is 91.5 Å². The smallest absolute Gasteiger partial charge is 0.287 e. The second-order valence-corrected chi connectivity index (χ2v) is 6.62. The molecule has 0 bridgehead atoms. The lowest BCUT2D eigenvalue weighted by atomic mass is 10.2. The van der Waals surface area contributed by atoms with Crippen LogP contribution in [0.2, 0.25) is 0 Å². The van der Waals surface area contributed by atoms with Crippen molar-refractivity contribution in [3.63, 3.8) is 0 Å². The number of hydrogen-bond acceptors (Lipinski definition) is 5. The second kappa shape index (κ2) is 11.9. The van der Waals surface area contributed by atoms with Gasteiger partial charge >= 0.3 is 0 Å². The Labute approximate surface area is 175 Å². The molecule has 2 aromatic rings. The Kier molecular flexibility index (Phi) is 10.3. The number of aromatic nitrogens is 1. The molecule has 0 radical (unpaired) electrons. The van der Waals surface area contributed by atoms with Gasteiger partial charge in [-0.05, 0) is 25.0 Å². The van der Waals surface area contributed by atoms with Gasteiger partial charge < -0.3 is 20.4 Å². The van der Waals surface area contributed by atoms with Crippen LogP contribution in [0.1, 0.15) is 47.9 Å². The van der Waals surface area contributed by atoms with Crippen LogP contribution in [-0.2, 0) is 6.54 Å². The number of carbonyl (C=O) groups excluding carboxylic acids is 1. The minimum absolute atomic E-state index is 0. The summed E-state index contributed by atoms with van der Waals surface area (Å²) in [5.41, 5.74) is 1.11. The van der Waals surface area contributed by atoms with Gasteiger partial charge in [-0.15, -0.1) is 35.3 Å². The quantitative estimate of drug-likeness (QED) is 0.229. The van der Waals surface area contributed by atoms with Crippen LogP contribution in [0, 0.1) is 0 Å². The van der Waals surface area contributed by atoms with Gasteiger partial charge in [0, 0.05) is 25.0 Å². The van der Waals surface area contributed by atoms with Gasteiger partial charge in [-0.3, -0.25) is 4.79 Å². The van der Waals surface area contributed by atoms with Crippen LogP contribution in [0.5, 0.6) is 0 Å². The molecule has 0 saturated heterocycles. The van der Waals surface area contributed by atoms with Crippen LogP contribution in [0.25, 0.3) is 0 Å². The summed E-state index contributed by atoms with van der Waals surface area (Å²) in [7, 11) is 0. The van der Waals surface area contributed by atoms with E-state index >= 15 is 0 Å². The Morgan fingerprint density at radius 1 is 1.31 bits per heavy atom. The van der Waals surface area contributed by atoms with Gasteiger partial charge in [0.1, 0.15) is 5.01 Å². The predicted octanol–water partition coefficient (Wildman–Crippen LogP) is 2.96. The minimum Gasteiger partial charge on any atom is -0.459 e. The van der Waals surface area contributed by atoms with E-state index in [1.807, 2.05) is 6.92 Å². The molecule has 9 heteroatoms. The molecule has 26 heavy (non-hydrogen) atoms. The Hall–Kier alpha value is -1.62. The van der Waals surface area contributed by atoms with Gasteiger partial charge in [0.05, 0.1) is 18.5 Å². The van der Waals surface area contributed by atoms with E-state index in [-0.39, 0.29) is 29.9 Å². The molecule has 0 unspecified atom stereocenters. The normalized spacial score (nSPS) is 11.2. The van der Waals surface area contributed by atoms with Crippen LogP contribution < -0.4 is 16.0 Å². The van der Waals surface area contributed by atoms with Crippen molar-refractivity contribution in [1.82, 2.24) is 20.9 Å². The Morgan fingerprint density at radius 3 is 2.69 bits per heavy atom. The van der Waals surface area contributed by atoms with E-state index in [9.17, 15) is 4.79 Å². The molecule has 144 valence electrons. The molecule has 1 amide bonds. The van der Waals surface area contributed by atoms with Crippen molar-refractivity contribution < 1.29 is 9.21 Å². The highest BCUT2D eigenvalue weighted by Crippen LogP contribution is 2.18. The maximum Gasteiger partial charge on any atom is 0.287 e. The van der Waals surface area contributed by atoms with E-state index < -0.39 is 0 Å². The molecule has 2 heterocycles. The van der Waals surface area contributed by atoms with Gasteiger partial charge in [0.2, 0.25) is 0 Å². The summed E-state index contributed by atoms with van der Waals surface area (Å²) in [6.07, 6.45) is 1.48. The van der Waals surface area contributed by atoms with Crippen molar-refractivity contribution in [3.8, 4) is 0 Å². The third-order valence-corrected chi connectivity index (χ3v) is 4.18. The van der Waals surface area contributed by atoms with Crippen molar-refractivity contribution in [3.05, 3.63) is 40.2 Å². The highest BCUT2D eigenvalue weighted by Gasteiger charge is 2.08. The molecule has 0 atom stereocenters. The lowest BCUT2D eigenvalue weighted by Crippen LogP contribution is -2.41. The third kappa shape index (κ3) is 7.32. The monoisotopic (exact) mass is 491 g/mol. The van der Waals surface area contributed by atoms with Crippen molar-refractivity contribution in [2.45, 2.75) is 33.2 Å². The predicted molar refractivity (Wildman–Crippen MR) is 115 cm³/mol. The average molecular weight is 491 g/mol. The van der Waals surface area contributed by atoms with Crippen LogP contribution >= 0.6 is 35.3 Å². The molecule has 0 spiro atoms. The van der Waals surface area contributed by atoms with Crippen molar-refractivity contribution in [2.24, 2.45) is 4.99 Å². The molecule has 2 aromatic heterocycles. The number of hydrogen-bond donors (Lipinski definition) is 3. The fourth-order valence-corrected chi connectivity index (χ4v) is 2.88. The average Bonchev–Trinajstić information content (AvgIpc) is 3.27. The van der Waals surface area contributed by atoms with Gasteiger partial charge in [0.25, 0.3) is 5.91 Å². The van der Waals surface area contributed by atoms with Crippen LogP contribution in [0.3, 0.4) is 0 Å². The van der Waals surface area contributed by atoms with E-state index in [4.69, 9.17) is 4.42 Å². The van der Waals surface area contributed by atoms with Crippen LogP contribution in [-0.4, -0.2) is 36.5 Å². The van der Waals surface area contributed by atoms with E-state index in [2.05, 4.69) is 45.2 Å². The molecular formula is C17H26IN5O2S. The first-order valence-electron chi connectivity index (χ1n) is 8.38. The maximum atomic E-state index is 11.8. The zero-order chi connectivity index (χ0) is 18.1. The molecular weight excluding hydrogens is 465 g/mol. The zero-order valence-electron chi connectivity index (χ0n) is 15.2. The van der Waals surface area contributed by atoms with Gasteiger partial charge in [-0.2, -0.15) is 0 Å². The van der Waals surface area contributed by atoms with E-state index in [0.29, 0.717) is 37.3 Å². The first-order chi connectivity index (χ1) is 12.1. The maximum absolute atomic E-state index is 11.8. The van der Waals surface area contributed by atoms with E-state index in [1.54, 1.807) is 23.5 Å². The molecule has 0 aromatic carbocycles. The lowest BCUT2D eigenvalue weighted by molar-refractivity contribution is 0.0926. The number of carbonyl (C=O) groups is 1. The number of nitrogens with one attached hydrogen (secondary N) is 3. The zero-order valence-corrected chi connectivity index (χ0v) is 18.4. The molecule has 0 aliphatic heterocycles. The van der Waals surface area contributed by atoms with Crippen LogP contribution in [0.4, 0.5) is 0 Å². The van der Waals surface area contributed by atoms with Gasteiger partial charge in [-0.25, -0.2) is 9.98 Å². The summed E-state index contributed by atoms with van der Waals surface area (Å²) in [6.45, 7) is 8.60. The van der Waals surface area contributed by atoms with E-state index in [0.717, 1.165) is 17.2 Å². The summed E-state index contributed by atoms with van der Waals surface area (Å²) in [4.78, 5) is 20.9. The SMILES string of the molecule is CCNC(=NCc1nc(C(C)C)cs1)NCCNC(=O)c1ccco1.I. The fraction of sp³-hybridized carbons (Fsp3) is 0.471. The number of aliphatic imine (C=N–C) groups is 1. The van der Waals surface area contributed by atoms with Gasteiger partial charge in [-0.1, -0.05) is 13.8 Å².